The van der Waals surface area contributed by atoms with Crippen LogP contribution in [0, 0.1) is 26.0 Å². The number of hydrogen-bond acceptors (Lipinski definition) is 4. The molecule has 50 heavy (non-hydrogen) atoms. The summed E-state index contributed by atoms with van der Waals surface area (Å²) < 4.78 is 15.3. The monoisotopic (exact) mass is 834 g/mol. The molecule has 2 aromatic heterocycles. The Morgan fingerprint density at radius 2 is 1.46 bits per heavy atom. The molecule has 8 rings (SSSR count). The van der Waals surface area contributed by atoms with Crippen molar-refractivity contribution in [2.24, 2.45) is 4.99 Å². The normalized spacial score (nSPS) is 15.8. The van der Waals surface area contributed by atoms with Crippen molar-refractivity contribution >= 4 is 27.7 Å². The zero-order valence-corrected chi connectivity index (χ0v) is 30.9. The van der Waals surface area contributed by atoms with Crippen LogP contribution in [0.25, 0.3) is 27.6 Å². The SMILES string of the molecule is Cc1cc(Oc2[c-]c3c(cc2)c2cc(C)ccc2n3-c2cc(C(C)(C)C)ccn2)[c-]c(C2=N[C@H](c3ccccc3)[C@H](c3ccccc3)O2)c1.[Pt+2]. The van der Waals surface area contributed by atoms with E-state index in [0.717, 1.165) is 49.9 Å². The van der Waals surface area contributed by atoms with Crippen LogP contribution in [0.15, 0.2) is 126 Å². The van der Waals surface area contributed by atoms with Crippen LogP contribution < -0.4 is 4.74 Å². The Kier molecular flexibility index (Phi) is 8.96. The van der Waals surface area contributed by atoms with Gasteiger partial charge < -0.3 is 14.0 Å². The van der Waals surface area contributed by atoms with E-state index in [1.165, 1.54) is 11.1 Å². The second-order valence-corrected chi connectivity index (χ2v) is 13.9. The van der Waals surface area contributed by atoms with Crippen molar-refractivity contribution in [1.82, 2.24) is 9.55 Å². The predicted octanol–water partition coefficient (Wildman–Crippen LogP) is 10.7. The second-order valence-electron chi connectivity index (χ2n) is 13.9. The van der Waals surface area contributed by atoms with Gasteiger partial charge in [-0.05, 0) is 52.6 Å². The van der Waals surface area contributed by atoms with Gasteiger partial charge >= 0.3 is 21.1 Å². The average Bonchev–Trinajstić information content (AvgIpc) is 3.68. The van der Waals surface area contributed by atoms with E-state index in [1.54, 1.807) is 0 Å². The van der Waals surface area contributed by atoms with Crippen LogP contribution in [-0.4, -0.2) is 15.4 Å². The Bertz CT molecular complexity index is 2360. The fourth-order valence-corrected chi connectivity index (χ4v) is 6.65. The molecule has 2 atom stereocenters. The van der Waals surface area contributed by atoms with E-state index in [2.05, 4.69) is 105 Å². The van der Waals surface area contributed by atoms with Crippen molar-refractivity contribution in [3.63, 3.8) is 0 Å². The fraction of sp³-hybridized carbons (Fsp3) is 0.182. The maximum atomic E-state index is 6.61. The molecule has 0 unspecified atom stereocenters. The predicted molar refractivity (Wildman–Crippen MR) is 197 cm³/mol. The third-order valence-electron chi connectivity index (χ3n) is 9.14. The molecule has 0 bridgehead atoms. The van der Waals surface area contributed by atoms with Gasteiger partial charge in [0.1, 0.15) is 23.9 Å². The number of rotatable bonds is 6. The summed E-state index contributed by atoms with van der Waals surface area (Å²) in [7, 11) is 0. The summed E-state index contributed by atoms with van der Waals surface area (Å²) in [4.78, 5) is 9.93. The minimum atomic E-state index is -0.247. The summed E-state index contributed by atoms with van der Waals surface area (Å²) in [6.07, 6.45) is 1.65. The summed E-state index contributed by atoms with van der Waals surface area (Å²) >= 11 is 0. The van der Waals surface area contributed by atoms with Gasteiger partial charge in [0.25, 0.3) is 0 Å². The molecule has 0 fully saturated rings. The van der Waals surface area contributed by atoms with Crippen molar-refractivity contribution in [2.45, 2.75) is 52.2 Å². The Hall–Kier alpha value is -4.99. The number of nitrogens with zero attached hydrogens (tertiary/aromatic N) is 3. The molecule has 0 saturated heterocycles. The molecular weight excluding hydrogens is 798 g/mol. The van der Waals surface area contributed by atoms with E-state index < -0.39 is 0 Å². The standard InChI is InChI=1S/C44H37N3O2.Pt/c1-28-16-19-38-37(24-28)36-18-17-34(27-39(36)47(38)40-26-33(20-21-45-40)44(3,4)5)48-35-23-29(2)22-32(25-35)43-46-41(30-12-8-6-9-13-30)42(49-43)31-14-10-7-11-15-31;/h6-24,26,41-42H,1-5H3;/q-2;+2/t41-,42+;/m1./s1. The third kappa shape index (κ3) is 6.39. The van der Waals surface area contributed by atoms with Crippen LogP contribution >= 0.6 is 0 Å². The van der Waals surface area contributed by atoms with Crippen LogP contribution in [-0.2, 0) is 31.2 Å². The fourth-order valence-electron chi connectivity index (χ4n) is 6.65. The quantitative estimate of drug-likeness (QED) is 0.157. The van der Waals surface area contributed by atoms with Gasteiger partial charge in [-0.2, -0.15) is 6.07 Å². The van der Waals surface area contributed by atoms with Gasteiger partial charge in [-0.1, -0.05) is 129 Å². The van der Waals surface area contributed by atoms with E-state index in [4.69, 9.17) is 19.5 Å². The molecule has 1 aliphatic heterocycles. The Balaban J connectivity index is 0.00000392. The number of pyridine rings is 1. The van der Waals surface area contributed by atoms with Gasteiger partial charge in [0, 0.05) is 23.2 Å². The van der Waals surface area contributed by atoms with Crippen LogP contribution in [0.1, 0.15) is 66.3 Å². The first-order valence-corrected chi connectivity index (χ1v) is 16.7. The number of aryl methyl sites for hydroxylation is 2. The van der Waals surface area contributed by atoms with Crippen molar-refractivity contribution in [3.05, 3.63) is 167 Å². The maximum absolute atomic E-state index is 6.61. The molecular formula is C44H37N3O2Pt. The molecule has 5 aromatic carbocycles. The second kappa shape index (κ2) is 13.4. The van der Waals surface area contributed by atoms with Gasteiger partial charge in [-0.3, -0.25) is 4.99 Å². The smallest absolute Gasteiger partial charge is 0.510 e. The number of ether oxygens (including phenoxy) is 2. The summed E-state index contributed by atoms with van der Waals surface area (Å²) in [6.45, 7) is 10.8. The third-order valence-corrected chi connectivity index (χ3v) is 9.14. The van der Waals surface area contributed by atoms with E-state index in [-0.39, 0.29) is 38.6 Å². The first kappa shape index (κ1) is 33.5. The summed E-state index contributed by atoms with van der Waals surface area (Å²) in [5, 5.41) is 2.25. The van der Waals surface area contributed by atoms with Crippen LogP contribution in [0.2, 0.25) is 0 Å². The molecule has 0 aliphatic carbocycles. The number of aliphatic imine (C=N–C) groups is 1. The number of fused-ring (bicyclic) bond motifs is 3. The number of benzene rings is 5. The minimum absolute atomic E-state index is 0. The molecule has 0 radical (unpaired) electrons. The Labute approximate surface area is 307 Å². The van der Waals surface area contributed by atoms with Crippen LogP contribution in [0.4, 0.5) is 0 Å². The van der Waals surface area contributed by atoms with Crippen LogP contribution in [0.3, 0.4) is 0 Å². The molecule has 0 amide bonds. The molecule has 250 valence electrons. The van der Waals surface area contributed by atoms with Gasteiger partial charge in [-0.15, -0.1) is 29.1 Å². The number of hydrogen-bond donors (Lipinski definition) is 0. The molecule has 1 aliphatic rings. The van der Waals surface area contributed by atoms with Crippen molar-refractivity contribution in [1.29, 1.82) is 0 Å². The van der Waals surface area contributed by atoms with Gasteiger partial charge in [0.2, 0.25) is 0 Å². The summed E-state index contributed by atoms with van der Waals surface area (Å²) in [6, 6.07) is 46.4. The van der Waals surface area contributed by atoms with E-state index in [0.29, 0.717) is 17.4 Å². The minimum Gasteiger partial charge on any atom is -0.510 e. The molecule has 3 heterocycles. The van der Waals surface area contributed by atoms with E-state index >= 15 is 0 Å². The first-order chi connectivity index (χ1) is 23.7. The van der Waals surface area contributed by atoms with Gasteiger partial charge in [0.05, 0.1) is 0 Å². The van der Waals surface area contributed by atoms with Crippen molar-refractivity contribution in [2.75, 3.05) is 0 Å². The first-order valence-electron chi connectivity index (χ1n) is 16.7. The Morgan fingerprint density at radius 1 is 0.720 bits per heavy atom. The summed E-state index contributed by atoms with van der Waals surface area (Å²) in [5.74, 6) is 2.57. The molecule has 5 nitrogen and oxygen atoms in total. The summed E-state index contributed by atoms with van der Waals surface area (Å²) in [5.41, 5.74) is 8.34. The maximum Gasteiger partial charge on any atom is 2.00 e. The van der Waals surface area contributed by atoms with Crippen molar-refractivity contribution < 1.29 is 30.5 Å². The molecule has 6 heteroatoms. The van der Waals surface area contributed by atoms with Crippen molar-refractivity contribution in [3.8, 4) is 17.3 Å². The largest absolute Gasteiger partial charge is 2.00 e. The molecule has 0 spiro atoms. The number of aromatic nitrogens is 2. The zero-order chi connectivity index (χ0) is 33.7. The molecule has 0 N–H and O–H groups in total. The zero-order valence-electron chi connectivity index (χ0n) is 28.7. The van der Waals surface area contributed by atoms with E-state index in [9.17, 15) is 0 Å². The Morgan fingerprint density at radius 3 is 2.20 bits per heavy atom. The average molecular weight is 835 g/mol. The molecule has 7 aromatic rings. The van der Waals surface area contributed by atoms with Gasteiger partial charge in [-0.25, -0.2) is 4.98 Å². The van der Waals surface area contributed by atoms with Crippen LogP contribution in [0.5, 0.6) is 11.5 Å². The van der Waals surface area contributed by atoms with Gasteiger partial charge in [0.15, 0.2) is 0 Å². The van der Waals surface area contributed by atoms with E-state index in [1.807, 2.05) is 67.7 Å². The molecule has 0 saturated carbocycles. The topological polar surface area (TPSA) is 48.6 Å².